The number of ether oxygens (including phenoxy) is 2. The summed E-state index contributed by atoms with van der Waals surface area (Å²) < 4.78 is 16.7. The highest BCUT2D eigenvalue weighted by atomic mass is 16.6. The van der Waals surface area contributed by atoms with Crippen molar-refractivity contribution in [1.82, 2.24) is 24.9 Å². The Morgan fingerprint density at radius 2 is 1.83 bits per heavy atom. The molecule has 0 radical (unpaired) electrons. The van der Waals surface area contributed by atoms with Crippen molar-refractivity contribution in [2.45, 2.75) is 57.2 Å². The first-order chi connectivity index (χ1) is 20.2. The maximum atomic E-state index is 12.8. The molecule has 3 saturated heterocycles. The highest BCUT2D eigenvalue weighted by Crippen LogP contribution is 2.50. The van der Waals surface area contributed by atoms with E-state index < -0.39 is 17.1 Å². The molecule has 2 unspecified atom stereocenters. The van der Waals surface area contributed by atoms with Crippen LogP contribution in [-0.2, 0) is 19.9 Å². The van der Waals surface area contributed by atoms with E-state index in [9.17, 15) is 9.90 Å². The Bertz CT molecular complexity index is 1390. The predicted octanol–water partition coefficient (Wildman–Crippen LogP) is 3.56. The van der Waals surface area contributed by atoms with Gasteiger partial charge in [0.05, 0.1) is 25.4 Å². The third kappa shape index (κ3) is 5.25. The Balaban J connectivity index is 1.21. The maximum absolute atomic E-state index is 12.8. The largest absolute Gasteiger partial charge is 0.380 e. The van der Waals surface area contributed by atoms with Crippen molar-refractivity contribution in [2.75, 3.05) is 53.0 Å². The lowest BCUT2D eigenvalue weighted by Gasteiger charge is -2.55. The summed E-state index contributed by atoms with van der Waals surface area (Å²) in [5, 5.41) is 16.8. The number of carbonyl (C=O) groups excluding carboxylic acids is 1. The number of hydrogen-bond donors (Lipinski definition) is 1. The van der Waals surface area contributed by atoms with Gasteiger partial charge in [-0.15, -0.1) is 0 Å². The summed E-state index contributed by atoms with van der Waals surface area (Å²) in [5.41, 5.74) is 1.79. The fourth-order valence-corrected chi connectivity index (χ4v) is 6.81. The van der Waals surface area contributed by atoms with Gasteiger partial charge in [-0.05, 0) is 43.0 Å². The molecule has 224 valence electrons. The van der Waals surface area contributed by atoms with E-state index in [1.807, 2.05) is 23.1 Å². The van der Waals surface area contributed by atoms with E-state index in [0.29, 0.717) is 61.7 Å². The van der Waals surface area contributed by atoms with Gasteiger partial charge in [0.2, 0.25) is 0 Å². The van der Waals surface area contributed by atoms with Crippen molar-refractivity contribution in [3.8, 4) is 11.5 Å². The van der Waals surface area contributed by atoms with Crippen molar-refractivity contribution in [3.05, 3.63) is 65.2 Å². The molecule has 3 fully saturated rings. The van der Waals surface area contributed by atoms with Gasteiger partial charge < -0.3 is 28.9 Å². The number of hydrogen-bond acceptors (Lipinski definition) is 9. The van der Waals surface area contributed by atoms with Crippen LogP contribution in [0.5, 0.6) is 0 Å². The molecule has 0 spiro atoms. The first-order valence-electron chi connectivity index (χ1n) is 15.0. The fraction of sp³-hybridized carbons (Fsp3) is 0.562. The van der Waals surface area contributed by atoms with E-state index in [2.05, 4.69) is 55.0 Å². The summed E-state index contributed by atoms with van der Waals surface area (Å²) in [4.78, 5) is 26.1. The highest BCUT2D eigenvalue weighted by molar-refractivity contribution is 5.81. The van der Waals surface area contributed by atoms with Gasteiger partial charge in [-0.25, -0.2) is 0 Å². The normalized spacial score (nSPS) is 23.0. The quantitative estimate of drug-likeness (QED) is 0.452. The second kappa shape index (κ2) is 11.5. The van der Waals surface area contributed by atoms with E-state index in [4.69, 9.17) is 19.0 Å². The Labute approximate surface area is 247 Å². The molecule has 5 heterocycles. The topological polar surface area (TPSA) is 114 Å². The molecule has 0 aliphatic carbocycles. The molecule has 10 nitrogen and oxygen atoms in total. The Morgan fingerprint density at radius 3 is 2.48 bits per heavy atom. The van der Waals surface area contributed by atoms with Crippen molar-refractivity contribution in [1.29, 1.82) is 0 Å². The second-order valence-corrected chi connectivity index (χ2v) is 12.7. The van der Waals surface area contributed by atoms with Crippen LogP contribution in [0.3, 0.4) is 0 Å². The number of aliphatic hydroxyl groups is 1. The van der Waals surface area contributed by atoms with Gasteiger partial charge in [0.15, 0.2) is 11.9 Å². The molecule has 3 aromatic rings. The second-order valence-electron chi connectivity index (χ2n) is 12.7. The van der Waals surface area contributed by atoms with Gasteiger partial charge in [0.25, 0.3) is 11.8 Å². The first-order valence-corrected chi connectivity index (χ1v) is 15.0. The number of amides is 1. The van der Waals surface area contributed by atoms with E-state index in [1.165, 1.54) is 5.56 Å². The third-order valence-corrected chi connectivity index (χ3v) is 9.21. The van der Waals surface area contributed by atoms with Crippen LogP contribution < -0.4 is 0 Å². The minimum atomic E-state index is -1.26. The van der Waals surface area contributed by atoms with Gasteiger partial charge >= 0.3 is 0 Å². The van der Waals surface area contributed by atoms with Crippen LogP contribution in [0.4, 0.5) is 0 Å². The summed E-state index contributed by atoms with van der Waals surface area (Å²) in [5.74, 6) is 1.49. The van der Waals surface area contributed by atoms with Crippen molar-refractivity contribution in [2.24, 2.45) is 5.41 Å². The zero-order chi connectivity index (χ0) is 29.5. The number of likely N-dealkylation sites (tertiary alicyclic amines) is 2. The van der Waals surface area contributed by atoms with Gasteiger partial charge in [-0.1, -0.05) is 50.2 Å². The Hall–Kier alpha value is -3.18. The van der Waals surface area contributed by atoms with Crippen LogP contribution in [-0.4, -0.2) is 95.1 Å². The molecular formula is C32H41N5O5. The minimum absolute atomic E-state index is 0.0116. The van der Waals surface area contributed by atoms with Crippen molar-refractivity contribution >= 4 is 5.91 Å². The number of pyridine rings is 1. The van der Waals surface area contributed by atoms with Gasteiger partial charge in [-0.2, -0.15) is 4.98 Å². The van der Waals surface area contributed by atoms with E-state index in [0.717, 1.165) is 31.5 Å². The standard InChI is InChI=1S/C32H41N5O5/c1-21(2)22-5-7-25(8-6-22)32(39,31(3)19-36(4)20-31)26-15-24(16-33-17-26)29-34-28(35-42-29)23-9-11-37(12-10-23)30(38)27-18-40-13-14-41-27/h5-8,15-17,21,23,27,39H,9-14,18-20H2,1-4H3. The van der Waals surface area contributed by atoms with Gasteiger partial charge in [0.1, 0.15) is 5.60 Å². The lowest BCUT2D eigenvalue weighted by molar-refractivity contribution is -0.159. The molecule has 2 aromatic heterocycles. The zero-order valence-electron chi connectivity index (χ0n) is 25.0. The van der Waals surface area contributed by atoms with Crippen LogP contribution in [0.15, 0.2) is 47.2 Å². The number of benzene rings is 1. The molecule has 1 amide bonds. The SMILES string of the molecule is CC(C)c1ccc(C(O)(c2cncc(-c3nc(C4CCN(C(=O)C5COCCO5)CC4)no3)c2)C2(C)CN(C)C2)cc1. The average molecular weight is 576 g/mol. The van der Waals surface area contributed by atoms with Gasteiger partial charge in [0, 0.05) is 55.5 Å². The number of rotatable bonds is 7. The maximum Gasteiger partial charge on any atom is 0.259 e. The lowest BCUT2D eigenvalue weighted by Crippen LogP contribution is -2.63. The Kier molecular flexibility index (Phi) is 7.91. The number of carbonyl (C=O) groups is 1. The van der Waals surface area contributed by atoms with E-state index in [-0.39, 0.29) is 11.8 Å². The molecular weight excluding hydrogens is 534 g/mol. The van der Waals surface area contributed by atoms with E-state index >= 15 is 0 Å². The molecule has 6 rings (SSSR count). The number of nitrogens with zero attached hydrogens (tertiary/aromatic N) is 5. The molecule has 0 bridgehead atoms. The summed E-state index contributed by atoms with van der Waals surface area (Å²) in [6.07, 6.45) is 4.42. The average Bonchev–Trinajstić information content (AvgIpc) is 3.51. The first kappa shape index (κ1) is 28.9. The molecule has 42 heavy (non-hydrogen) atoms. The fourth-order valence-electron chi connectivity index (χ4n) is 6.81. The predicted molar refractivity (Wildman–Crippen MR) is 156 cm³/mol. The molecule has 0 saturated carbocycles. The molecule has 1 N–H and O–H groups in total. The van der Waals surface area contributed by atoms with Crippen LogP contribution >= 0.6 is 0 Å². The summed E-state index contributed by atoms with van der Waals surface area (Å²) in [6.45, 7) is 10.5. The zero-order valence-corrected chi connectivity index (χ0v) is 25.0. The summed E-state index contributed by atoms with van der Waals surface area (Å²) in [6, 6.07) is 10.2. The molecule has 3 aliphatic rings. The van der Waals surface area contributed by atoms with E-state index in [1.54, 1.807) is 12.4 Å². The highest BCUT2D eigenvalue weighted by Gasteiger charge is 2.55. The molecule has 1 aromatic carbocycles. The monoisotopic (exact) mass is 575 g/mol. The van der Waals surface area contributed by atoms with Crippen LogP contribution in [0.1, 0.15) is 68.0 Å². The Morgan fingerprint density at radius 1 is 1.10 bits per heavy atom. The van der Waals surface area contributed by atoms with Crippen molar-refractivity contribution in [3.63, 3.8) is 0 Å². The van der Waals surface area contributed by atoms with Crippen LogP contribution in [0, 0.1) is 5.41 Å². The number of aromatic nitrogens is 3. The molecule has 3 aliphatic heterocycles. The smallest absolute Gasteiger partial charge is 0.259 e. The number of piperidine rings is 1. The molecule has 2 atom stereocenters. The minimum Gasteiger partial charge on any atom is -0.380 e. The van der Waals surface area contributed by atoms with Crippen LogP contribution in [0.25, 0.3) is 11.5 Å². The van der Waals surface area contributed by atoms with Crippen molar-refractivity contribution < 1.29 is 23.9 Å². The summed E-state index contributed by atoms with van der Waals surface area (Å²) >= 11 is 0. The molecule has 10 heteroatoms. The van der Waals surface area contributed by atoms with Crippen LogP contribution in [0.2, 0.25) is 0 Å². The summed E-state index contributed by atoms with van der Waals surface area (Å²) in [7, 11) is 2.07. The third-order valence-electron chi connectivity index (χ3n) is 9.21. The van der Waals surface area contributed by atoms with Gasteiger partial charge in [-0.3, -0.25) is 9.78 Å². The lowest BCUT2D eigenvalue weighted by atomic mass is 9.62.